The van der Waals surface area contributed by atoms with Crippen LogP contribution in [0, 0.1) is 0 Å². The minimum absolute atomic E-state index is 0.175. The van der Waals surface area contributed by atoms with Gasteiger partial charge < -0.3 is 15.2 Å². The fourth-order valence-corrected chi connectivity index (χ4v) is 1.46. The van der Waals surface area contributed by atoms with E-state index in [-0.39, 0.29) is 11.9 Å². The molecule has 0 radical (unpaired) electrons. The molecule has 1 heterocycles. The van der Waals surface area contributed by atoms with Crippen molar-refractivity contribution < 1.29 is 9.84 Å². The molecule has 0 bridgehead atoms. The van der Waals surface area contributed by atoms with E-state index >= 15 is 0 Å². The third kappa shape index (κ3) is 1.78. The molecule has 0 saturated carbocycles. The number of ether oxygens (including phenoxy) is 1. The zero-order chi connectivity index (χ0) is 9.26. The topological polar surface area (TPSA) is 41.5 Å². The molecule has 2 rings (SSSR count). The number of rotatable bonds is 2. The molecule has 1 fully saturated rings. The summed E-state index contributed by atoms with van der Waals surface area (Å²) in [5.74, 6) is 0.718. The Bertz CT molecular complexity index is 312. The SMILES string of the molecule is Oc1c(Br)cccc1OC1CNC1. The number of hydrogen-bond acceptors (Lipinski definition) is 3. The van der Waals surface area contributed by atoms with Gasteiger partial charge in [0.15, 0.2) is 11.5 Å². The molecule has 3 nitrogen and oxygen atoms in total. The fourth-order valence-electron chi connectivity index (χ4n) is 1.12. The van der Waals surface area contributed by atoms with E-state index in [0.29, 0.717) is 10.2 Å². The summed E-state index contributed by atoms with van der Waals surface area (Å²) in [4.78, 5) is 0. The molecule has 0 aliphatic carbocycles. The number of para-hydroxylation sites is 1. The molecule has 0 aromatic heterocycles. The molecule has 0 amide bonds. The van der Waals surface area contributed by atoms with Gasteiger partial charge in [-0.3, -0.25) is 0 Å². The maximum absolute atomic E-state index is 9.57. The fraction of sp³-hybridized carbons (Fsp3) is 0.333. The van der Waals surface area contributed by atoms with Crippen LogP contribution >= 0.6 is 15.9 Å². The van der Waals surface area contributed by atoms with Crippen molar-refractivity contribution in [2.75, 3.05) is 13.1 Å². The second kappa shape index (κ2) is 3.55. The van der Waals surface area contributed by atoms with Crippen molar-refractivity contribution in [1.82, 2.24) is 5.32 Å². The van der Waals surface area contributed by atoms with Crippen molar-refractivity contribution in [1.29, 1.82) is 0 Å². The molecular weight excluding hydrogens is 234 g/mol. The molecule has 0 unspecified atom stereocenters. The van der Waals surface area contributed by atoms with Crippen molar-refractivity contribution >= 4 is 15.9 Å². The number of aromatic hydroxyl groups is 1. The maximum atomic E-state index is 9.57. The Balaban J connectivity index is 2.14. The molecule has 1 aliphatic heterocycles. The van der Waals surface area contributed by atoms with Gasteiger partial charge >= 0.3 is 0 Å². The largest absolute Gasteiger partial charge is 0.503 e. The van der Waals surface area contributed by atoms with Crippen molar-refractivity contribution in [3.8, 4) is 11.5 Å². The minimum Gasteiger partial charge on any atom is -0.503 e. The zero-order valence-electron chi connectivity index (χ0n) is 6.96. The standard InChI is InChI=1S/C9H10BrNO2/c10-7-2-1-3-8(9(7)12)13-6-4-11-5-6/h1-3,6,11-12H,4-5H2. The number of hydrogen-bond donors (Lipinski definition) is 2. The second-order valence-corrected chi connectivity index (χ2v) is 3.84. The second-order valence-electron chi connectivity index (χ2n) is 2.98. The number of benzene rings is 1. The van der Waals surface area contributed by atoms with Crippen LogP contribution in [0.1, 0.15) is 0 Å². The quantitative estimate of drug-likeness (QED) is 0.828. The Morgan fingerprint density at radius 2 is 2.23 bits per heavy atom. The van der Waals surface area contributed by atoms with Crippen molar-refractivity contribution in [3.05, 3.63) is 22.7 Å². The molecule has 70 valence electrons. The van der Waals surface area contributed by atoms with Crippen LogP contribution in [-0.4, -0.2) is 24.3 Å². The van der Waals surface area contributed by atoms with Gasteiger partial charge in [-0.1, -0.05) is 6.07 Å². The zero-order valence-corrected chi connectivity index (χ0v) is 8.54. The van der Waals surface area contributed by atoms with E-state index in [1.807, 2.05) is 6.07 Å². The molecular formula is C9H10BrNO2. The first-order valence-electron chi connectivity index (χ1n) is 4.12. The van der Waals surface area contributed by atoms with E-state index in [4.69, 9.17) is 4.74 Å². The predicted octanol–water partition coefficient (Wildman–Crippen LogP) is 1.51. The number of halogens is 1. The van der Waals surface area contributed by atoms with Crippen LogP contribution in [0.2, 0.25) is 0 Å². The molecule has 4 heteroatoms. The van der Waals surface area contributed by atoms with Crippen LogP contribution in [0.25, 0.3) is 0 Å². The summed E-state index contributed by atoms with van der Waals surface area (Å²) in [7, 11) is 0. The van der Waals surface area contributed by atoms with E-state index in [9.17, 15) is 5.11 Å². The van der Waals surface area contributed by atoms with E-state index in [1.165, 1.54) is 0 Å². The maximum Gasteiger partial charge on any atom is 0.172 e. The first-order valence-corrected chi connectivity index (χ1v) is 4.91. The van der Waals surface area contributed by atoms with E-state index in [1.54, 1.807) is 12.1 Å². The first-order chi connectivity index (χ1) is 6.27. The monoisotopic (exact) mass is 243 g/mol. The normalized spacial score (nSPS) is 16.7. The molecule has 0 atom stereocenters. The van der Waals surface area contributed by atoms with Crippen LogP contribution in [0.4, 0.5) is 0 Å². The Morgan fingerprint density at radius 1 is 1.46 bits per heavy atom. The lowest BCUT2D eigenvalue weighted by Gasteiger charge is -2.28. The Kier molecular flexibility index (Phi) is 2.42. The summed E-state index contributed by atoms with van der Waals surface area (Å²) in [6, 6.07) is 5.38. The molecule has 1 aromatic carbocycles. The highest BCUT2D eigenvalue weighted by atomic mass is 79.9. The van der Waals surface area contributed by atoms with Crippen LogP contribution in [0.5, 0.6) is 11.5 Å². The van der Waals surface area contributed by atoms with Crippen molar-refractivity contribution in [2.45, 2.75) is 6.10 Å². The predicted molar refractivity (Wildman–Crippen MR) is 53.1 cm³/mol. The molecule has 13 heavy (non-hydrogen) atoms. The lowest BCUT2D eigenvalue weighted by Crippen LogP contribution is -2.50. The Hall–Kier alpha value is -0.740. The van der Waals surface area contributed by atoms with E-state index in [2.05, 4.69) is 21.2 Å². The average molecular weight is 244 g/mol. The highest BCUT2D eigenvalue weighted by Crippen LogP contribution is 2.34. The van der Waals surface area contributed by atoms with E-state index in [0.717, 1.165) is 13.1 Å². The third-order valence-electron chi connectivity index (χ3n) is 1.99. The van der Waals surface area contributed by atoms with Gasteiger partial charge in [0.25, 0.3) is 0 Å². The Morgan fingerprint density at radius 3 is 2.85 bits per heavy atom. The summed E-state index contributed by atoms with van der Waals surface area (Å²) in [5.41, 5.74) is 0. The summed E-state index contributed by atoms with van der Waals surface area (Å²) in [6.45, 7) is 1.71. The lowest BCUT2D eigenvalue weighted by molar-refractivity contribution is 0.137. The molecule has 2 N–H and O–H groups in total. The highest BCUT2D eigenvalue weighted by Gasteiger charge is 2.19. The van der Waals surface area contributed by atoms with Crippen LogP contribution in [-0.2, 0) is 0 Å². The van der Waals surface area contributed by atoms with Gasteiger partial charge in [0, 0.05) is 13.1 Å². The molecule has 1 aliphatic rings. The summed E-state index contributed by atoms with van der Waals surface area (Å²) < 4.78 is 6.18. The number of nitrogens with one attached hydrogen (secondary N) is 1. The van der Waals surface area contributed by atoms with Gasteiger partial charge in [-0.05, 0) is 28.1 Å². The minimum atomic E-state index is 0.175. The highest BCUT2D eigenvalue weighted by molar-refractivity contribution is 9.10. The van der Waals surface area contributed by atoms with Crippen LogP contribution in [0.15, 0.2) is 22.7 Å². The van der Waals surface area contributed by atoms with Gasteiger partial charge in [0.05, 0.1) is 4.47 Å². The molecule has 0 spiro atoms. The van der Waals surface area contributed by atoms with Gasteiger partial charge in [-0.15, -0.1) is 0 Å². The van der Waals surface area contributed by atoms with Crippen molar-refractivity contribution in [2.24, 2.45) is 0 Å². The lowest BCUT2D eigenvalue weighted by atomic mass is 10.2. The number of phenolic OH excluding ortho intramolecular Hbond substituents is 1. The first kappa shape index (κ1) is 8.84. The average Bonchev–Trinajstić information content (AvgIpc) is 2.04. The summed E-state index contributed by atoms with van der Waals surface area (Å²) in [6.07, 6.45) is 0.195. The molecule has 1 saturated heterocycles. The summed E-state index contributed by atoms with van der Waals surface area (Å²) >= 11 is 3.23. The number of phenols is 1. The summed E-state index contributed by atoms with van der Waals surface area (Å²) in [5, 5.41) is 12.7. The van der Waals surface area contributed by atoms with Gasteiger partial charge in [-0.25, -0.2) is 0 Å². The smallest absolute Gasteiger partial charge is 0.172 e. The van der Waals surface area contributed by atoms with Crippen LogP contribution < -0.4 is 10.1 Å². The molecule has 1 aromatic rings. The Labute approximate surface area is 84.8 Å². The third-order valence-corrected chi connectivity index (χ3v) is 2.63. The van der Waals surface area contributed by atoms with Gasteiger partial charge in [0.1, 0.15) is 6.10 Å². The van der Waals surface area contributed by atoms with Crippen LogP contribution in [0.3, 0.4) is 0 Å². The van der Waals surface area contributed by atoms with Gasteiger partial charge in [0.2, 0.25) is 0 Å². The van der Waals surface area contributed by atoms with Crippen molar-refractivity contribution in [3.63, 3.8) is 0 Å². The van der Waals surface area contributed by atoms with E-state index < -0.39 is 0 Å². The van der Waals surface area contributed by atoms with Gasteiger partial charge in [-0.2, -0.15) is 0 Å².